The Morgan fingerprint density at radius 1 is 1.00 bits per heavy atom. The van der Waals surface area contributed by atoms with Crippen LogP contribution in [0.2, 0.25) is 0 Å². The minimum atomic E-state index is -0.406. The van der Waals surface area contributed by atoms with Crippen LogP contribution in [0.25, 0.3) is 0 Å². The number of nitrogens with one attached hydrogen (secondary N) is 2. The monoisotopic (exact) mass is 309 g/mol. The topological polar surface area (TPSA) is 78.5 Å². The van der Waals surface area contributed by atoms with E-state index in [9.17, 15) is 14.4 Å². The third-order valence-electron chi connectivity index (χ3n) is 4.64. The first kappa shape index (κ1) is 16.8. The van der Waals surface area contributed by atoms with E-state index in [1.54, 1.807) is 0 Å². The molecule has 0 unspecified atom stereocenters. The zero-order valence-corrected chi connectivity index (χ0v) is 13.6. The predicted molar refractivity (Wildman–Crippen MR) is 83.0 cm³/mol. The van der Waals surface area contributed by atoms with Crippen LogP contribution in [0.3, 0.4) is 0 Å². The van der Waals surface area contributed by atoms with Gasteiger partial charge in [-0.05, 0) is 31.6 Å². The highest BCUT2D eigenvalue weighted by atomic mass is 16.2. The molecule has 0 radical (unpaired) electrons. The summed E-state index contributed by atoms with van der Waals surface area (Å²) in [5.41, 5.74) is 0. The zero-order chi connectivity index (χ0) is 16.1. The molecule has 1 heterocycles. The number of amides is 3. The van der Waals surface area contributed by atoms with E-state index < -0.39 is 6.04 Å². The molecule has 1 saturated heterocycles. The summed E-state index contributed by atoms with van der Waals surface area (Å²) in [6.45, 7) is 4.21. The van der Waals surface area contributed by atoms with Crippen molar-refractivity contribution >= 4 is 17.7 Å². The maximum absolute atomic E-state index is 12.9. The summed E-state index contributed by atoms with van der Waals surface area (Å²) in [7, 11) is 0. The van der Waals surface area contributed by atoms with Gasteiger partial charge in [-0.2, -0.15) is 0 Å². The van der Waals surface area contributed by atoms with Crippen LogP contribution in [0, 0.1) is 5.92 Å². The molecule has 2 N–H and O–H groups in total. The lowest BCUT2D eigenvalue weighted by Crippen LogP contribution is -2.56. The lowest BCUT2D eigenvalue weighted by atomic mass is 9.95. The highest BCUT2D eigenvalue weighted by molar-refractivity contribution is 5.87. The first-order chi connectivity index (χ1) is 10.5. The van der Waals surface area contributed by atoms with Crippen molar-refractivity contribution in [3.8, 4) is 0 Å². The van der Waals surface area contributed by atoms with E-state index in [0.717, 1.165) is 38.5 Å². The Balaban J connectivity index is 2.01. The lowest BCUT2D eigenvalue weighted by Gasteiger charge is -2.36. The fourth-order valence-electron chi connectivity index (χ4n) is 3.67. The van der Waals surface area contributed by atoms with E-state index in [-0.39, 0.29) is 29.7 Å². The number of piperidine rings is 1. The molecular weight excluding hydrogens is 282 g/mol. The third kappa shape index (κ3) is 4.45. The van der Waals surface area contributed by atoms with Gasteiger partial charge in [-0.15, -0.1) is 0 Å². The number of rotatable bonds is 4. The molecule has 0 spiro atoms. The molecule has 2 rings (SSSR count). The fraction of sp³-hybridized carbons (Fsp3) is 0.812. The highest BCUT2D eigenvalue weighted by Gasteiger charge is 2.35. The Morgan fingerprint density at radius 2 is 1.68 bits per heavy atom. The van der Waals surface area contributed by atoms with Crippen LogP contribution in [0.4, 0.5) is 0 Å². The van der Waals surface area contributed by atoms with E-state index in [1.807, 2.05) is 4.90 Å². The van der Waals surface area contributed by atoms with Crippen molar-refractivity contribution in [2.24, 2.45) is 5.92 Å². The Morgan fingerprint density at radius 3 is 2.27 bits per heavy atom. The third-order valence-corrected chi connectivity index (χ3v) is 4.64. The molecule has 2 aliphatic rings. The molecule has 0 aromatic heterocycles. The van der Waals surface area contributed by atoms with Crippen LogP contribution in [0.15, 0.2) is 0 Å². The normalized spacial score (nSPS) is 23.9. The van der Waals surface area contributed by atoms with Gasteiger partial charge in [0.25, 0.3) is 0 Å². The molecule has 1 aliphatic carbocycles. The number of carbonyl (C=O) groups is 3. The lowest BCUT2D eigenvalue weighted by molar-refractivity contribution is -0.139. The molecule has 3 amide bonds. The van der Waals surface area contributed by atoms with Crippen molar-refractivity contribution in [2.45, 2.75) is 64.5 Å². The number of hydrogen-bond acceptors (Lipinski definition) is 3. The molecule has 2 atom stereocenters. The fourth-order valence-corrected chi connectivity index (χ4v) is 3.67. The second kappa shape index (κ2) is 7.61. The van der Waals surface area contributed by atoms with E-state index >= 15 is 0 Å². The van der Waals surface area contributed by atoms with Gasteiger partial charge in [0, 0.05) is 33.0 Å². The molecular formula is C16H27N3O3. The van der Waals surface area contributed by atoms with Gasteiger partial charge in [-0.3, -0.25) is 14.4 Å². The summed E-state index contributed by atoms with van der Waals surface area (Å²) >= 11 is 0. The van der Waals surface area contributed by atoms with Crippen LogP contribution < -0.4 is 10.6 Å². The van der Waals surface area contributed by atoms with Gasteiger partial charge in [0.2, 0.25) is 17.7 Å². The highest BCUT2D eigenvalue weighted by Crippen LogP contribution is 2.29. The van der Waals surface area contributed by atoms with E-state index in [4.69, 9.17) is 0 Å². The van der Waals surface area contributed by atoms with Crippen molar-refractivity contribution in [3.63, 3.8) is 0 Å². The van der Waals surface area contributed by atoms with Crippen molar-refractivity contribution in [1.29, 1.82) is 0 Å². The predicted octanol–water partition coefficient (Wildman–Crippen LogP) is 0.808. The first-order valence-corrected chi connectivity index (χ1v) is 8.30. The van der Waals surface area contributed by atoms with Gasteiger partial charge in [0.1, 0.15) is 6.04 Å². The molecule has 124 valence electrons. The minimum absolute atomic E-state index is 0.0113. The van der Waals surface area contributed by atoms with Gasteiger partial charge in [-0.25, -0.2) is 0 Å². The van der Waals surface area contributed by atoms with Crippen LogP contribution in [0.1, 0.15) is 52.4 Å². The molecule has 6 heteroatoms. The van der Waals surface area contributed by atoms with Crippen molar-refractivity contribution < 1.29 is 14.4 Å². The second-order valence-corrected chi connectivity index (χ2v) is 6.55. The van der Waals surface area contributed by atoms with Crippen molar-refractivity contribution in [1.82, 2.24) is 15.5 Å². The van der Waals surface area contributed by atoms with E-state index in [0.29, 0.717) is 13.1 Å². The molecule has 1 saturated carbocycles. The van der Waals surface area contributed by atoms with Crippen LogP contribution in [-0.4, -0.2) is 47.8 Å². The summed E-state index contributed by atoms with van der Waals surface area (Å²) < 4.78 is 0. The first-order valence-electron chi connectivity index (χ1n) is 8.30. The summed E-state index contributed by atoms with van der Waals surface area (Å²) in [6.07, 6.45) is 6.04. The minimum Gasteiger partial charge on any atom is -0.352 e. The Labute approximate surface area is 132 Å². The quantitative estimate of drug-likeness (QED) is 0.806. The van der Waals surface area contributed by atoms with Crippen molar-refractivity contribution in [3.05, 3.63) is 0 Å². The van der Waals surface area contributed by atoms with Crippen molar-refractivity contribution in [2.75, 3.05) is 13.1 Å². The van der Waals surface area contributed by atoms with Gasteiger partial charge < -0.3 is 15.5 Å². The average molecular weight is 309 g/mol. The summed E-state index contributed by atoms with van der Waals surface area (Å²) in [5.74, 6) is 0.0452. The van der Waals surface area contributed by atoms with Crippen LogP contribution in [0.5, 0.6) is 0 Å². The Kier molecular flexibility index (Phi) is 5.80. The summed E-state index contributed by atoms with van der Waals surface area (Å²) in [5, 5.41) is 5.75. The number of hydrogen-bond donors (Lipinski definition) is 2. The average Bonchev–Trinajstić information content (AvgIpc) is 2.97. The van der Waals surface area contributed by atoms with Gasteiger partial charge >= 0.3 is 0 Å². The number of carbonyl (C=O) groups excluding carboxylic acids is 3. The summed E-state index contributed by atoms with van der Waals surface area (Å²) in [4.78, 5) is 37.3. The molecule has 6 nitrogen and oxygen atoms in total. The van der Waals surface area contributed by atoms with E-state index in [1.165, 1.54) is 13.8 Å². The van der Waals surface area contributed by atoms with Gasteiger partial charge in [0.05, 0.1) is 0 Å². The molecule has 2 fully saturated rings. The maximum atomic E-state index is 12.9. The molecule has 0 aromatic carbocycles. The Bertz CT molecular complexity index is 432. The second-order valence-electron chi connectivity index (χ2n) is 6.55. The zero-order valence-electron chi connectivity index (χ0n) is 13.6. The molecule has 0 aromatic rings. The SMILES string of the molecule is CC(=O)N[C@@H]1CCCN(C(=O)[C@@H](NC(C)=O)C2CCCC2)C1. The standard InChI is InChI=1S/C16H27N3O3/c1-11(20)17-14-8-5-9-19(10-14)16(22)15(18-12(2)21)13-6-3-4-7-13/h13-15H,3-10H2,1-2H3,(H,17,20)(H,18,21)/t14-,15+/m1/s1. The largest absolute Gasteiger partial charge is 0.352 e. The van der Waals surface area contributed by atoms with E-state index in [2.05, 4.69) is 10.6 Å². The molecule has 22 heavy (non-hydrogen) atoms. The number of likely N-dealkylation sites (tertiary alicyclic amines) is 1. The van der Waals surface area contributed by atoms with Gasteiger partial charge in [0.15, 0.2) is 0 Å². The maximum Gasteiger partial charge on any atom is 0.245 e. The van der Waals surface area contributed by atoms with Gasteiger partial charge in [-0.1, -0.05) is 12.8 Å². The Hall–Kier alpha value is -1.59. The smallest absolute Gasteiger partial charge is 0.245 e. The van der Waals surface area contributed by atoms with Crippen LogP contribution in [-0.2, 0) is 14.4 Å². The van der Waals surface area contributed by atoms with Crippen LogP contribution >= 0.6 is 0 Å². The molecule has 0 bridgehead atoms. The summed E-state index contributed by atoms with van der Waals surface area (Å²) in [6, 6.07) is -0.382. The molecule has 1 aliphatic heterocycles. The number of nitrogens with zero attached hydrogens (tertiary/aromatic N) is 1.